The second-order valence-electron chi connectivity index (χ2n) is 5.88. The zero-order valence-electron chi connectivity index (χ0n) is 14.3. The summed E-state index contributed by atoms with van der Waals surface area (Å²) in [6.45, 7) is 5.04. The molecule has 0 bridgehead atoms. The Bertz CT molecular complexity index is 710. The number of thiazole rings is 1. The Kier molecular flexibility index (Phi) is 6.94. The summed E-state index contributed by atoms with van der Waals surface area (Å²) in [4.78, 5) is 26.4. The zero-order valence-corrected chi connectivity index (χ0v) is 15.1. The van der Waals surface area contributed by atoms with Crippen molar-refractivity contribution in [2.24, 2.45) is 0 Å². The predicted molar refractivity (Wildman–Crippen MR) is 93.6 cm³/mol. The fraction of sp³-hybridized carbons (Fsp3) is 0.389. The Morgan fingerprint density at radius 3 is 2.60 bits per heavy atom. The van der Waals surface area contributed by atoms with E-state index in [1.54, 1.807) is 5.38 Å². The summed E-state index contributed by atoms with van der Waals surface area (Å²) in [5.41, 5.74) is 1.67. The molecule has 2 aromatic rings. The first-order chi connectivity index (χ1) is 11.9. The first-order valence-corrected chi connectivity index (χ1v) is 8.94. The monoisotopic (exact) mass is 361 g/mol. The molecule has 1 heterocycles. The molecule has 0 saturated heterocycles. The Balaban J connectivity index is 1.68. The maximum atomic E-state index is 11.8. The third-order valence-electron chi connectivity index (χ3n) is 3.48. The van der Waals surface area contributed by atoms with E-state index in [9.17, 15) is 14.7 Å². The fourth-order valence-electron chi connectivity index (χ4n) is 2.17. The minimum atomic E-state index is -1.18. The van der Waals surface area contributed by atoms with Crippen molar-refractivity contribution in [3.05, 3.63) is 45.9 Å². The average molecular weight is 361 g/mol. The van der Waals surface area contributed by atoms with Crippen LogP contribution in [0.4, 0.5) is 0 Å². The molecule has 1 aromatic heterocycles. The number of benzene rings is 1. The molecule has 1 aromatic carbocycles. The van der Waals surface area contributed by atoms with Crippen LogP contribution in [0, 0.1) is 0 Å². The Morgan fingerprint density at radius 1 is 1.24 bits per heavy atom. The van der Waals surface area contributed by atoms with Gasteiger partial charge in [-0.15, -0.1) is 11.3 Å². The summed E-state index contributed by atoms with van der Waals surface area (Å²) in [7, 11) is 0. The predicted octanol–water partition coefficient (Wildman–Crippen LogP) is 1.30. The highest BCUT2D eigenvalue weighted by Crippen LogP contribution is 2.18. The van der Waals surface area contributed by atoms with Crippen molar-refractivity contribution in [2.75, 3.05) is 13.2 Å². The maximum Gasteiger partial charge on any atom is 0.226 e. The SMILES string of the molecule is CC(C)c1ccc(OCCNC(=O)Cc2nc(CC(=O)[O-])cs2)cc1. The van der Waals surface area contributed by atoms with Crippen LogP contribution < -0.4 is 15.2 Å². The van der Waals surface area contributed by atoms with E-state index >= 15 is 0 Å². The van der Waals surface area contributed by atoms with E-state index in [2.05, 4.69) is 24.1 Å². The van der Waals surface area contributed by atoms with Gasteiger partial charge in [0.25, 0.3) is 0 Å². The molecule has 2 rings (SSSR count). The molecular weight excluding hydrogens is 340 g/mol. The van der Waals surface area contributed by atoms with E-state index < -0.39 is 5.97 Å². The van der Waals surface area contributed by atoms with E-state index in [0.29, 0.717) is 29.8 Å². The highest BCUT2D eigenvalue weighted by Gasteiger charge is 2.08. The first kappa shape index (κ1) is 18.9. The van der Waals surface area contributed by atoms with E-state index in [4.69, 9.17) is 4.74 Å². The number of nitrogens with zero attached hydrogens (tertiary/aromatic N) is 1. The van der Waals surface area contributed by atoms with Gasteiger partial charge in [-0.05, 0) is 23.6 Å². The molecule has 0 aliphatic carbocycles. The number of aliphatic carboxylic acids is 1. The molecule has 0 saturated carbocycles. The molecule has 0 aliphatic rings. The number of hydrogen-bond donors (Lipinski definition) is 1. The zero-order chi connectivity index (χ0) is 18.2. The molecule has 0 atom stereocenters. The Morgan fingerprint density at radius 2 is 1.96 bits per heavy atom. The number of rotatable bonds is 9. The third-order valence-corrected chi connectivity index (χ3v) is 4.37. The molecule has 7 heteroatoms. The van der Waals surface area contributed by atoms with Crippen molar-refractivity contribution in [1.82, 2.24) is 10.3 Å². The summed E-state index contributed by atoms with van der Waals surface area (Å²) in [6, 6.07) is 7.91. The number of carbonyl (C=O) groups is 2. The van der Waals surface area contributed by atoms with Crippen molar-refractivity contribution in [3.63, 3.8) is 0 Å². The lowest BCUT2D eigenvalue weighted by Gasteiger charge is -2.09. The van der Waals surface area contributed by atoms with E-state index in [1.165, 1.54) is 16.9 Å². The van der Waals surface area contributed by atoms with Gasteiger partial charge in [0.1, 0.15) is 17.4 Å². The van der Waals surface area contributed by atoms with Gasteiger partial charge in [0.05, 0.1) is 18.7 Å². The minimum absolute atomic E-state index is 0.126. The van der Waals surface area contributed by atoms with E-state index in [-0.39, 0.29) is 18.7 Å². The number of amides is 1. The number of nitrogens with one attached hydrogen (secondary N) is 1. The molecule has 0 fully saturated rings. The van der Waals surface area contributed by atoms with Gasteiger partial charge in [-0.25, -0.2) is 4.98 Å². The average Bonchev–Trinajstić information content (AvgIpc) is 2.98. The molecule has 6 nitrogen and oxygen atoms in total. The van der Waals surface area contributed by atoms with Gasteiger partial charge in [-0.1, -0.05) is 26.0 Å². The molecule has 0 spiro atoms. The summed E-state index contributed by atoms with van der Waals surface area (Å²) >= 11 is 1.27. The summed E-state index contributed by atoms with van der Waals surface area (Å²) in [5.74, 6) is -0.107. The second-order valence-corrected chi connectivity index (χ2v) is 6.82. The minimum Gasteiger partial charge on any atom is -0.550 e. The summed E-state index contributed by atoms with van der Waals surface area (Å²) in [5, 5.41) is 15.5. The summed E-state index contributed by atoms with van der Waals surface area (Å²) in [6.07, 6.45) is -0.109. The lowest BCUT2D eigenvalue weighted by atomic mass is 10.0. The maximum absolute atomic E-state index is 11.8. The molecule has 0 unspecified atom stereocenters. The van der Waals surface area contributed by atoms with Gasteiger partial charge in [0, 0.05) is 17.8 Å². The van der Waals surface area contributed by atoms with Gasteiger partial charge in [-0.3, -0.25) is 4.79 Å². The number of hydrogen-bond acceptors (Lipinski definition) is 6. The number of carboxylic acids is 1. The Labute approximate surface area is 150 Å². The van der Waals surface area contributed by atoms with Gasteiger partial charge in [0.15, 0.2) is 0 Å². The van der Waals surface area contributed by atoms with Gasteiger partial charge in [0.2, 0.25) is 5.91 Å². The van der Waals surface area contributed by atoms with Crippen LogP contribution >= 0.6 is 11.3 Å². The van der Waals surface area contributed by atoms with Crippen LogP contribution in [-0.4, -0.2) is 30.0 Å². The third kappa shape index (κ3) is 6.54. The topological polar surface area (TPSA) is 91.3 Å². The van der Waals surface area contributed by atoms with Crippen molar-refractivity contribution in [3.8, 4) is 5.75 Å². The molecule has 25 heavy (non-hydrogen) atoms. The quantitative estimate of drug-likeness (QED) is 0.680. The highest BCUT2D eigenvalue weighted by molar-refractivity contribution is 7.09. The van der Waals surface area contributed by atoms with Crippen LogP contribution in [0.3, 0.4) is 0 Å². The second kappa shape index (κ2) is 9.17. The molecular formula is C18H21N2O4S-. The largest absolute Gasteiger partial charge is 0.550 e. The first-order valence-electron chi connectivity index (χ1n) is 8.06. The fourth-order valence-corrected chi connectivity index (χ4v) is 2.96. The standard InChI is InChI=1S/C18H22N2O4S/c1-12(2)13-3-5-15(6-4-13)24-8-7-19-16(21)10-17-20-14(11-25-17)9-18(22)23/h3-6,11-12H,7-10H2,1-2H3,(H,19,21)(H,22,23)/p-1. The molecule has 1 N–H and O–H groups in total. The van der Waals surface area contributed by atoms with Crippen molar-refractivity contribution < 1.29 is 19.4 Å². The van der Waals surface area contributed by atoms with E-state index in [1.807, 2.05) is 24.3 Å². The number of carbonyl (C=O) groups excluding carboxylic acids is 2. The number of carboxylic acid groups (broad SMARTS) is 1. The van der Waals surface area contributed by atoms with E-state index in [0.717, 1.165) is 5.75 Å². The van der Waals surface area contributed by atoms with Crippen molar-refractivity contribution in [1.29, 1.82) is 0 Å². The molecule has 1 amide bonds. The molecule has 0 aliphatic heterocycles. The van der Waals surface area contributed by atoms with Crippen LogP contribution in [0.2, 0.25) is 0 Å². The van der Waals surface area contributed by atoms with Crippen molar-refractivity contribution in [2.45, 2.75) is 32.6 Å². The summed E-state index contributed by atoms with van der Waals surface area (Å²) < 4.78 is 5.59. The molecule has 0 radical (unpaired) electrons. The number of aromatic nitrogens is 1. The Hall–Kier alpha value is -2.41. The van der Waals surface area contributed by atoms with Crippen LogP contribution in [0.15, 0.2) is 29.6 Å². The van der Waals surface area contributed by atoms with Crippen LogP contribution in [0.1, 0.15) is 36.0 Å². The van der Waals surface area contributed by atoms with Crippen LogP contribution in [0.25, 0.3) is 0 Å². The van der Waals surface area contributed by atoms with Crippen molar-refractivity contribution >= 4 is 23.2 Å². The lowest BCUT2D eigenvalue weighted by molar-refractivity contribution is -0.304. The normalized spacial score (nSPS) is 10.7. The van der Waals surface area contributed by atoms with Gasteiger partial charge >= 0.3 is 0 Å². The highest BCUT2D eigenvalue weighted by atomic mass is 32.1. The van der Waals surface area contributed by atoms with Gasteiger partial charge in [-0.2, -0.15) is 0 Å². The smallest absolute Gasteiger partial charge is 0.226 e. The van der Waals surface area contributed by atoms with Crippen LogP contribution in [0.5, 0.6) is 5.75 Å². The number of ether oxygens (including phenoxy) is 1. The lowest BCUT2D eigenvalue weighted by Crippen LogP contribution is -2.29. The van der Waals surface area contributed by atoms with Crippen LogP contribution in [-0.2, 0) is 22.4 Å². The van der Waals surface area contributed by atoms with Gasteiger partial charge < -0.3 is 20.0 Å². The molecule has 134 valence electrons.